The Morgan fingerprint density at radius 3 is 2.90 bits per heavy atom. The normalized spacial score (nSPS) is 11.1. The summed E-state index contributed by atoms with van der Waals surface area (Å²) in [5.41, 5.74) is 7.63. The van der Waals surface area contributed by atoms with Gasteiger partial charge in [0.05, 0.1) is 17.1 Å². The predicted octanol–water partition coefficient (Wildman–Crippen LogP) is 3.02. The molecule has 3 aromatic rings. The molecule has 102 valence electrons. The van der Waals surface area contributed by atoms with Crippen molar-refractivity contribution in [3.8, 4) is 0 Å². The number of rotatable bonds is 2. The van der Waals surface area contributed by atoms with E-state index in [1.54, 1.807) is 30.3 Å². The SMILES string of the molecule is Nc1ccc2c(c1)oc(=O)n2Cc1cccc(F)c1Cl. The van der Waals surface area contributed by atoms with Crippen molar-refractivity contribution >= 4 is 28.4 Å². The lowest BCUT2D eigenvalue weighted by molar-refractivity contribution is 0.517. The van der Waals surface area contributed by atoms with Crippen molar-refractivity contribution in [2.45, 2.75) is 6.54 Å². The lowest BCUT2D eigenvalue weighted by atomic mass is 10.2. The van der Waals surface area contributed by atoms with E-state index in [9.17, 15) is 9.18 Å². The Morgan fingerprint density at radius 1 is 1.30 bits per heavy atom. The topological polar surface area (TPSA) is 61.2 Å². The van der Waals surface area contributed by atoms with Crippen molar-refractivity contribution in [2.24, 2.45) is 0 Å². The molecule has 0 atom stereocenters. The second-order valence-corrected chi connectivity index (χ2v) is 4.77. The third kappa shape index (κ3) is 2.06. The van der Waals surface area contributed by atoms with Crippen LogP contribution in [-0.4, -0.2) is 4.57 Å². The van der Waals surface area contributed by atoms with Crippen LogP contribution in [0, 0.1) is 5.82 Å². The lowest BCUT2D eigenvalue weighted by Gasteiger charge is -2.05. The summed E-state index contributed by atoms with van der Waals surface area (Å²) in [7, 11) is 0. The predicted molar refractivity (Wildman–Crippen MR) is 75.4 cm³/mol. The fourth-order valence-corrected chi connectivity index (χ4v) is 2.26. The average Bonchev–Trinajstić information content (AvgIpc) is 2.70. The van der Waals surface area contributed by atoms with Gasteiger partial charge in [-0.1, -0.05) is 23.7 Å². The highest BCUT2D eigenvalue weighted by Crippen LogP contribution is 2.22. The molecular weight excluding hydrogens is 283 g/mol. The molecule has 20 heavy (non-hydrogen) atoms. The molecule has 0 aliphatic carbocycles. The van der Waals surface area contributed by atoms with Gasteiger partial charge >= 0.3 is 5.76 Å². The van der Waals surface area contributed by atoms with E-state index in [4.69, 9.17) is 21.8 Å². The molecule has 0 saturated carbocycles. The molecule has 1 aromatic heterocycles. The van der Waals surface area contributed by atoms with Crippen molar-refractivity contribution in [2.75, 3.05) is 5.73 Å². The molecule has 3 rings (SSSR count). The first-order valence-corrected chi connectivity index (χ1v) is 6.26. The van der Waals surface area contributed by atoms with E-state index < -0.39 is 11.6 Å². The molecule has 2 aromatic carbocycles. The van der Waals surface area contributed by atoms with Crippen LogP contribution in [0.1, 0.15) is 5.56 Å². The Kier molecular flexibility index (Phi) is 2.99. The van der Waals surface area contributed by atoms with Crippen LogP contribution >= 0.6 is 11.6 Å². The summed E-state index contributed by atoms with van der Waals surface area (Å²) < 4.78 is 19.9. The van der Waals surface area contributed by atoms with Crippen molar-refractivity contribution in [1.29, 1.82) is 0 Å². The minimum atomic E-state index is -0.536. The van der Waals surface area contributed by atoms with Gasteiger partial charge in [0.15, 0.2) is 5.58 Å². The Bertz CT molecular complexity index is 854. The highest BCUT2D eigenvalue weighted by Gasteiger charge is 2.12. The molecule has 0 amide bonds. The smallest absolute Gasteiger partial charge is 0.408 e. The van der Waals surface area contributed by atoms with Gasteiger partial charge in [-0.3, -0.25) is 4.57 Å². The number of anilines is 1. The third-order valence-corrected chi connectivity index (χ3v) is 3.48. The van der Waals surface area contributed by atoms with E-state index >= 15 is 0 Å². The largest absolute Gasteiger partial charge is 0.420 e. The Morgan fingerprint density at radius 2 is 2.10 bits per heavy atom. The highest BCUT2D eigenvalue weighted by molar-refractivity contribution is 6.31. The van der Waals surface area contributed by atoms with Crippen LogP contribution in [0.3, 0.4) is 0 Å². The van der Waals surface area contributed by atoms with E-state index in [1.807, 2.05) is 0 Å². The van der Waals surface area contributed by atoms with Crippen LogP contribution in [0.2, 0.25) is 5.02 Å². The summed E-state index contributed by atoms with van der Waals surface area (Å²) in [6.45, 7) is 0.131. The molecule has 0 radical (unpaired) electrons. The molecule has 0 spiro atoms. The van der Waals surface area contributed by atoms with Gasteiger partial charge in [0.25, 0.3) is 0 Å². The summed E-state index contributed by atoms with van der Waals surface area (Å²) in [4.78, 5) is 11.9. The van der Waals surface area contributed by atoms with Crippen LogP contribution in [0.25, 0.3) is 11.1 Å². The maximum absolute atomic E-state index is 13.4. The van der Waals surface area contributed by atoms with Crippen LogP contribution in [0.5, 0.6) is 0 Å². The van der Waals surface area contributed by atoms with Crippen molar-refractivity contribution < 1.29 is 8.81 Å². The first-order chi connectivity index (χ1) is 9.56. The number of benzene rings is 2. The number of fused-ring (bicyclic) bond motifs is 1. The zero-order valence-electron chi connectivity index (χ0n) is 10.3. The summed E-state index contributed by atoms with van der Waals surface area (Å²) in [5, 5.41) is 0.00388. The quantitative estimate of drug-likeness (QED) is 0.739. The zero-order valence-corrected chi connectivity index (χ0v) is 11.0. The van der Waals surface area contributed by atoms with Gasteiger partial charge < -0.3 is 10.2 Å². The highest BCUT2D eigenvalue weighted by atomic mass is 35.5. The fraction of sp³-hybridized carbons (Fsp3) is 0.0714. The Hall–Kier alpha value is -2.27. The fourth-order valence-electron chi connectivity index (χ4n) is 2.07. The monoisotopic (exact) mass is 292 g/mol. The van der Waals surface area contributed by atoms with Crippen LogP contribution in [0.4, 0.5) is 10.1 Å². The molecule has 4 nitrogen and oxygen atoms in total. The number of nitrogens with zero attached hydrogens (tertiary/aromatic N) is 1. The number of aromatic nitrogens is 1. The minimum absolute atomic E-state index is 0.00388. The van der Waals surface area contributed by atoms with E-state index in [-0.39, 0.29) is 11.6 Å². The number of oxazole rings is 1. The molecule has 0 unspecified atom stereocenters. The van der Waals surface area contributed by atoms with E-state index in [0.29, 0.717) is 22.4 Å². The lowest BCUT2D eigenvalue weighted by Crippen LogP contribution is -2.15. The molecule has 0 fully saturated rings. The molecule has 0 aliphatic rings. The number of hydrogen-bond donors (Lipinski definition) is 1. The van der Waals surface area contributed by atoms with Crippen molar-refractivity contribution in [1.82, 2.24) is 4.57 Å². The third-order valence-electron chi connectivity index (χ3n) is 3.05. The van der Waals surface area contributed by atoms with Gasteiger partial charge in [0.1, 0.15) is 5.82 Å². The second kappa shape index (κ2) is 4.68. The number of nitrogens with two attached hydrogens (primary N) is 1. The molecule has 0 saturated heterocycles. The van der Waals surface area contributed by atoms with Gasteiger partial charge in [0, 0.05) is 11.8 Å². The second-order valence-electron chi connectivity index (χ2n) is 4.39. The molecule has 2 N–H and O–H groups in total. The molecule has 0 bridgehead atoms. The summed E-state index contributed by atoms with van der Waals surface area (Å²) in [6.07, 6.45) is 0. The van der Waals surface area contributed by atoms with Crippen molar-refractivity contribution in [3.63, 3.8) is 0 Å². The van der Waals surface area contributed by atoms with Gasteiger partial charge in [-0.2, -0.15) is 0 Å². The first-order valence-electron chi connectivity index (χ1n) is 5.88. The van der Waals surface area contributed by atoms with Crippen LogP contribution in [-0.2, 0) is 6.54 Å². The standard InChI is InChI=1S/C14H10ClFN2O2/c15-13-8(2-1-3-10(13)16)7-18-11-5-4-9(17)6-12(11)20-14(18)19/h1-6H,7,17H2. The Labute approximate surface area is 118 Å². The summed E-state index contributed by atoms with van der Waals surface area (Å²) in [5.74, 6) is -1.06. The molecule has 1 heterocycles. The van der Waals surface area contributed by atoms with Gasteiger partial charge in [-0.05, 0) is 23.8 Å². The molecule has 6 heteroatoms. The maximum Gasteiger partial charge on any atom is 0.420 e. The van der Waals surface area contributed by atoms with Gasteiger partial charge in [-0.15, -0.1) is 0 Å². The number of nitrogen functional groups attached to an aromatic ring is 1. The van der Waals surface area contributed by atoms with E-state index in [1.165, 1.54) is 10.6 Å². The Balaban J connectivity index is 2.13. The molecular formula is C14H10ClFN2O2. The maximum atomic E-state index is 13.4. The van der Waals surface area contributed by atoms with E-state index in [0.717, 1.165) is 0 Å². The minimum Gasteiger partial charge on any atom is -0.408 e. The summed E-state index contributed by atoms with van der Waals surface area (Å²) >= 11 is 5.90. The van der Waals surface area contributed by atoms with Gasteiger partial charge in [-0.25, -0.2) is 9.18 Å². The van der Waals surface area contributed by atoms with Crippen LogP contribution in [0.15, 0.2) is 45.6 Å². The van der Waals surface area contributed by atoms with E-state index in [2.05, 4.69) is 0 Å². The number of hydrogen-bond acceptors (Lipinski definition) is 3. The van der Waals surface area contributed by atoms with Gasteiger partial charge in [0.2, 0.25) is 0 Å². The zero-order chi connectivity index (χ0) is 14.3. The van der Waals surface area contributed by atoms with Crippen molar-refractivity contribution in [3.05, 3.63) is 63.4 Å². The number of halogens is 2. The average molecular weight is 293 g/mol. The van der Waals surface area contributed by atoms with Crippen LogP contribution < -0.4 is 11.5 Å². The first kappa shape index (κ1) is 12.7. The summed E-state index contributed by atoms with van der Waals surface area (Å²) in [6, 6.07) is 9.39. The molecule has 0 aliphatic heterocycles.